The Balaban J connectivity index is 3.19. The van der Waals surface area contributed by atoms with Crippen molar-refractivity contribution in [1.29, 1.82) is 0 Å². The highest BCUT2D eigenvalue weighted by atomic mass is 16.5. The lowest BCUT2D eigenvalue weighted by Crippen LogP contribution is -1.99. The fourth-order valence-corrected chi connectivity index (χ4v) is 0.477. The molecule has 68 valence electrons. The molecule has 0 rings (SSSR count). The van der Waals surface area contributed by atoms with Gasteiger partial charge in [0, 0.05) is 0 Å². The number of aliphatic hydroxyl groups is 1. The fourth-order valence-electron chi connectivity index (χ4n) is 0.477. The molecule has 4 nitrogen and oxygen atoms in total. The molecule has 0 atom stereocenters. The van der Waals surface area contributed by atoms with E-state index in [1.807, 2.05) is 0 Å². The van der Waals surface area contributed by atoms with Gasteiger partial charge < -0.3 is 14.9 Å². The standard InChI is InChI=1S/C8H12O4/c9-5-2-1-3-6-12-7-4-8(10)11/h2-3,5-6,9H,1,4,7H2,(H,10,11)/b5-2-,6-3-. The Morgan fingerprint density at radius 2 is 2.17 bits per heavy atom. The van der Waals surface area contributed by atoms with E-state index in [-0.39, 0.29) is 13.0 Å². The average Bonchev–Trinajstić information content (AvgIpc) is 2.02. The zero-order valence-electron chi connectivity index (χ0n) is 6.64. The van der Waals surface area contributed by atoms with Gasteiger partial charge in [-0.15, -0.1) is 0 Å². The molecule has 0 aliphatic heterocycles. The van der Waals surface area contributed by atoms with Crippen LogP contribution in [0.15, 0.2) is 24.7 Å². The number of allylic oxidation sites excluding steroid dienone is 2. The highest BCUT2D eigenvalue weighted by Gasteiger charge is 1.92. The zero-order chi connectivity index (χ0) is 9.23. The zero-order valence-corrected chi connectivity index (χ0v) is 6.64. The smallest absolute Gasteiger partial charge is 0.306 e. The number of ether oxygens (including phenoxy) is 1. The van der Waals surface area contributed by atoms with Gasteiger partial charge in [-0.25, -0.2) is 0 Å². The minimum atomic E-state index is -0.876. The number of hydrogen-bond donors (Lipinski definition) is 2. The Kier molecular flexibility index (Phi) is 6.73. The second kappa shape index (κ2) is 7.65. The van der Waals surface area contributed by atoms with E-state index in [0.29, 0.717) is 6.42 Å². The summed E-state index contributed by atoms with van der Waals surface area (Å²) in [4.78, 5) is 9.99. The van der Waals surface area contributed by atoms with Crippen LogP contribution in [0.5, 0.6) is 0 Å². The third-order valence-corrected chi connectivity index (χ3v) is 1.00. The Hall–Kier alpha value is -1.45. The van der Waals surface area contributed by atoms with Crippen molar-refractivity contribution < 1.29 is 19.7 Å². The summed E-state index contributed by atoms with van der Waals surface area (Å²) in [6.45, 7) is 0.175. The van der Waals surface area contributed by atoms with E-state index < -0.39 is 5.97 Å². The van der Waals surface area contributed by atoms with Crippen molar-refractivity contribution in [3.8, 4) is 0 Å². The molecule has 0 saturated carbocycles. The first-order chi connectivity index (χ1) is 5.77. The topological polar surface area (TPSA) is 66.8 Å². The number of carbonyl (C=O) groups is 1. The van der Waals surface area contributed by atoms with Crippen molar-refractivity contribution in [3.63, 3.8) is 0 Å². The highest BCUT2D eigenvalue weighted by Crippen LogP contribution is 1.88. The first kappa shape index (κ1) is 10.6. The Bertz CT molecular complexity index is 172. The van der Waals surface area contributed by atoms with Crippen LogP contribution in [-0.4, -0.2) is 22.8 Å². The Morgan fingerprint density at radius 1 is 1.42 bits per heavy atom. The fraction of sp³-hybridized carbons (Fsp3) is 0.375. The molecule has 0 heterocycles. The Labute approximate surface area is 70.8 Å². The molecule has 0 aromatic heterocycles. The maximum atomic E-state index is 9.99. The number of aliphatic hydroxyl groups excluding tert-OH is 1. The quantitative estimate of drug-likeness (QED) is 0.470. The Morgan fingerprint density at radius 3 is 2.75 bits per heavy atom. The van der Waals surface area contributed by atoms with Gasteiger partial charge in [-0.1, -0.05) is 0 Å². The third-order valence-electron chi connectivity index (χ3n) is 1.00. The lowest BCUT2D eigenvalue weighted by Gasteiger charge is -1.94. The van der Waals surface area contributed by atoms with Gasteiger partial charge >= 0.3 is 5.97 Å². The van der Waals surface area contributed by atoms with Gasteiger partial charge in [0.05, 0.1) is 25.6 Å². The summed E-state index contributed by atoms with van der Waals surface area (Å²) in [6, 6.07) is 0. The molecule has 0 aromatic carbocycles. The number of hydrogen-bond acceptors (Lipinski definition) is 3. The van der Waals surface area contributed by atoms with Crippen LogP contribution in [-0.2, 0) is 9.53 Å². The van der Waals surface area contributed by atoms with E-state index in [0.717, 1.165) is 6.26 Å². The summed E-state index contributed by atoms with van der Waals surface area (Å²) in [5, 5.41) is 16.4. The maximum absolute atomic E-state index is 9.99. The van der Waals surface area contributed by atoms with E-state index in [2.05, 4.69) is 0 Å². The molecule has 0 aromatic rings. The first-order valence-electron chi connectivity index (χ1n) is 3.55. The SMILES string of the molecule is O=C(O)CCO/C=C\C/C=C\O. The predicted molar refractivity (Wildman–Crippen MR) is 43.7 cm³/mol. The van der Waals surface area contributed by atoms with Crippen LogP contribution in [0.2, 0.25) is 0 Å². The summed E-state index contributed by atoms with van der Waals surface area (Å²) in [5.41, 5.74) is 0. The van der Waals surface area contributed by atoms with Gasteiger partial charge in [-0.05, 0) is 18.6 Å². The van der Waals surface area contributed by atoms with Crippen molar-refractivity contribution in [2.75, 3.05) is 6.61 Å². The molecule has 0 radical (unpaired) electrons. The van der Waals surface area contributed by atoms with Gasteiger partial charge in [-0.3, -0.25) is 4.79 Å². The molecular weight excluding hydrogens is 160 g/mol. The van der Waals surface area contributed by atoms with E-state index >= 15 is 0 Å². The molecule has 0 unspecified atom stereocenters. The first-order valence-corrected chi connectivity index (χ1v) is 3.55. The second-order valence-corrected chi connectivity index (χ2v) is 2.01. The minimum Gasteiger partial charge on any atom is -0.516 e. The predicted octanol–water partition coefficient (Wildman–Crippen LogP) is 1.45. The van der Waals surface area contributed by atoms with Gasteiger partial charge in [0.15, 0.2) is 0 Å². The molecule has 4 heteroatoms. The van der Waals surface area contributed by atoms with Gasteiger partial charge in [0.1, 0.15) is 0 Å². The molecule has 2 N–H and O–H groups in total. The van der Waals surface area contributed by atoms with Crippen LogP contribution in [0.3, 0.4) is 0 Å². The number of rotatable bonds is 6. The third kappa shape index (κ3) is 8.55. The summed E-state index contributed by atoms with van der Waals surface area (Å²) in [6.07, 6.45) is 6.15. The van der Waals surface area contributed by atoms with Crippen molar-refractivity contribution in [1.82, 2.24) is 0 Å². The van der Waals surface area contributed by atoms with Crippen molar-refractivity contribution >= 4 is 5.97 Å². The van der Waals surface area contributed by atoms with Crippen molar-refractivity contribution in [2.24, 2.45) is 0 Å². The summed E-state index contributed by atoms with van der Waals surface area (Å²) < 4.78 is 4.81. The number of carboxylic acid groups (broad SMARTS) is 1. The van der Waals surface area contributed by atoms with Crippen LogP contribution in [0, 0.1) is 0 Å². The number of carboxylic acids is 1. The lowest BCUT2D eigenvalue weighted by atomic mass is 10.4. The maximum Gasteiger partial charge on any atom is 0.306 e. The van der Waals surface area contributed by atoms with E-state index in [9.17, 15) is 4.79 Å². The van der Waals surface area contributed by atoms with Crippen LogP contribution in [0.25, 0.3) is 0 Å². The molecule has 0 bridgehead atoms. The summed E-state index contributed by atoms with van der Waals surface area (Å²) >= 11 is 0. The molecule has 0 spiro atoms. The molecule has 0 saturated heterocycles. The molecular formula is C8H12O4. The van der Waals surface area contributed by atoms with E-state index in [1.54, 1.807) is 6.08 Å². The van der Waals surface area contributed by atoms with Crippen LogP contribution < -0.4 is 0 Å². The van der Waals surface area contributed by atoms with Gasteiger partial charge in [0.2, 0.25) is 0 Å². The van der Waals surface area contributed by atoms with Crippen molar-refractivity contribution in [2.45, 2.75) is 12.8 Å². The van der Waals surface area contributed by atoms with Gasteiger partial charge in [0.25, 0.3) is 0 Å². The summed E-state index contributed by atoms with van der Waals surface area (Å²) in [5.74, 6) is -0.876. The number of aliphatic carboxylic acids is 1. The minimum absolute atomic E-state index is 0.000178. The average molecular weight is 172 g/mol. The second-order valence-electron chi connectivity index (χ2n) is 2.01. The normalized spacial score (nSPS) is 11.0. The molecule has 0 fully saturated rings. The molecule has 0 aliphatic carbocycles. The van der Waals surface area contributed by atoms with E-state index in [1.165, 1.54) is 12.3 Å². The molecule has 0 aliphatic rings. The van der Waals surface area contributed by atoms with Crippen LogP contribution in [0.1, 0.15) is 12.8 Å². The molecule has 0 amide bonds. The highest BCUT2D eigenvalue weighted by molar-refractivity contribution is 5.66. The van der Waals surface area contributed by atoms with E-state index in [4.69, 9.17) is 14.9 Å². The molecule has 12 heavy (non-hydrogen) atoms. The monoisotopic (exact) mass is 172 g/mol. The van der Waals surface area contributed by atoms with Crippen molar-refractivity contribution in [3.05, 3.63) is 24.7 Å². The van der Waals surface area contributed by atoms with Crippen LogP contribution >= 0.6 is 0 Å². The summed E-state index contributed by atoms with van der Waals surface area (Å²) in [7, 11) is 0. The van der Waals surface area contributed by atoms with Gasteiger partial charge in [-0.2, -0.15) is 0 Å². The van der Waals surface area contributed by atoms with Crippen LogP contribution in [0.4, 0.5) is 0 Å². The largest absolute Gasteiger partial charge is 0.516 e. The lowest BCUT2D eigenvalue weighted by molar-refractivity contribution is -0.137.